The molecule has 0 aliphatic heterocycles. The third-order valence-corrected chi connectivity index (χ3v) is 4.52. The molecule has 2 aromatic carbocycles. The summed E-state index contributed by atoms with van der Waals surface area (Å²) in [5, 5.41) is 7.77. The van der Waals surface area contributed by atoms with Crippen LogP contribution in [0.25, 0.3) is 16.6 Å². The van der Waals surface area contributed by atoms with Crippen LogP contribution in [0.2, 0.25) is 0 Å². The lowest BCUT2D eigenvalue weighted by Gasteiger charge is -2.05. The van der Waals surface area contributed by atoms with Crippen LogP contribution in [-0.4, -0.2) is 30.9 Å². The first-order valence-corrected chi connectivity index (χ1v) is 8.68. The Morgan fingerprint density at radius 3 is 2.57 bits per heavy atom. The van der Waals surface area contributed by atoms with Crippen LogP contribution >= 0.6 is 0 Å². The van der Waals surface area contributed by atoms with E-state index in [1.807, 2.05) is 25.1 Å². The van der Waals surface area contributed by atoms with Crippen LogP contribution in [0, 0.1) is 6.92 Å². The van der Waals surface area contributed by atoms with Crippen molar-refractivity contribution in [2.75, 3.05) is 5.32 Å². The molecule has 0 aliphatic rings. The summed E-state index contributed by atoms with van der Waals surface area (Å²) >= 11 is 0. The summed E-state index contributed by atoms with van der Waals surface area (Å²) in [5.74, 6) is -0.445. The van der Waals surface area contributed by atoms with E-state index in [1.165, 1.54) is 17.7 Å². The quantitative estimate of drug-likeness (QED) is 0.551. The Morgan fingerprint density at radius 2 is 1.86 bits per heavy atom. The lowest BCUT2D eigenvalue weighted by molar-refractivity contribution is -0.117. The molecule has 0 fully saturated rings. The number of rotatable bonds is 4. The fourth-order valence-corrected chi connectivity index (χ4v) is 3.06. The number of nitrogens with one attached hydrogen (secondary N) is 1. The van der Waals surface area contributed by atoms with E-state index in [4.69, 9.17) is 0 Å². The molecule has 0 atom stereocenters. The number of carbonyl (C=O) groups excluding carboxylic acids is 2. The largest absolute Gasteiger partial charge is 0.352 e. The Labute approximate surface area is 159 Å². The van der Waals surface area contributed by atoms with Gasteiger partial charge in [-0.05, 0) is 49.7 Å². The number of carbonyl (C=O) groups is 2. The average Bonchev–Trinajstić information content (AvgIpc) is 2.98. The third-order valence-electron chi connectivity index (χ3n) is 4.52. The second-order valence-electron chi connectivity index (χ2n) is 6.53. The number of anilines is 1. The summed E-state index contributed by atoms with van der Waals surface area (Å²) in [6, 6.07) is 12.2. The van der Waals surface area contributed by atoms with E-state index in [0.717, 1.165) is 21.1 Å². The van der Waals surface area contributed by atoms with Gasteiger partial charge in [0.1, 0.15) is 12.9 Å². The van der Waals surface area contributed by atoms with Gasteiger partial charge >= 0.3 is 5.69 Å². The van der Waals surface area contributed by atoms with Gasteiger partial charge in [-0.1, -0.05) is 12.1 Å². The first-order chi connectivity index (χ1) is 13.4. The number of aryl methyl sites for hydroxylation is 1. The second-order valence-corrected chi connectivity index (χ2v) is 6.53. The van der Waals surface area contributed by atoms with Gasteiger partial charge in [-0.25, -0.2) is 18.9 Å². The van der Waals surface area contributed by atoms with Crippen LogP contribution in [0.4, 0.5) is 5.69 Å². The van der Waals surface area contributed by atoms with Crippen LogP contribution in [0.3, 0.4) is 0 Å². The van der Waals surface area contributed by atoms with E-state index in [0.29, 0.717) is 16.9 Å². The maximum absolute atomic E-state index is 12.6. The van der Waals surface area contributed by atoms with Crippen LogP contribution in [0.1, 0.15) is 22.8 Å². The molecular weight excluding hydrogens is 358 g/mol. The normalized spacial score (nSPS) is 11.1. The van der Waals surface area contributed by atoms with E-state index in [1.54, 1.807) is 24.3 Å². The van der Waals surface area contributed by atoms with Crippen molar-refractivity contribution in [3.8, 4) is 0 Å². The van der Waals surface area contributed by atoms with Crippen molar-refractivity contribution in [2.24, 2.45) is 0 Å². The van der Waals surface area contributed by atoms with Gasteiger partial charge in [0.15, 0.2) is 11.4 Å². The van der Waals surface area contributed by atoms with Crippen molar-refractivity contribution in [3.63, 3.8) is 0 Å². The minimum atomic E-state index is -0.437. The van der Waals surface area contributed by atoms with E-state index in [9.17, 15) is 14.4 Å². The smallest absolute Gasteiger partial charge is 0.324 e. The number of ketones is 1. The number of hydrogen-bond acceptors (Lipinski definition) is 5. The molecule has 0 saturated carbocycles. The maximum Gasteiger partial charge on any atom is 0.352 e. The molecule has 0 bridgehead atoms. The molecular formula is C20H17N5O3. The Morgan fingerprint density at radius 1 is 1.11 bits per heavy atom. The molecule has 0 radical (unpaired) electrons. The van der Waals surface area contributed by atoms with Crippen LogP contribution < -0.4 is 11.0 Å². The summed E-state index contributed by atoms with van der Waals surface area (Å²) in [4.78, 5) is 40.6. The number of fused-ring (bicyclic) bond motifs is 3. The zero-order chi connectivity index (χ0) is 19.8. The van der Waals surface area contributed by atoms with Crippen molar-refractivity contribution in [3.05, 3.63) is 70.4 Å². The number of para-hydroxylation sites is 1. The van der Waals surface area contributed by atoms with Crippen molar-refractivity contribution >= 4 is 33.9 Å². The van der Waals surface area contributed by atoms with Gasteiger partial charge in [0, 0.05) is 16.6 Å². The molecule has 0 spiro atoms. The molecule has 1 amide bonds. The molecule has 140 valence electrons. The molecule has 0 unspecified atom stereocenters. The Hall–Kier alpha value is -3.81. The molecule has 8 heteroatoms. The zero-order valence-electron chi connectivity index (χ0n) is 15.3. The van der Waals surface area contributed by atoms with Crippen molar-refractivity contribution < 1.29 is 9.59 Å². The molecule has 28 heavy (non-hydrogen) atoms. The van der Waals surface area contributed by atoms with Gasteiger partial charge in [0.2, 0.25) is 5.91 Å². The van der Waals surface area contributed by atoms with Crippen molar-refractivity contribution in [2.45, 2.75) is 20.4 Å². The number of hydrogen-bond donors (Lipinski definition) is 1. The summed E-state index contributed by atoms with van der Waals surface area (Å²) < 4.78 is 2.44. The van der Waals surface area contributed by atoms with E-state index >= 15 is 0 Å². The number of Topliss-reactive ketones (excluding diaryl/α,β-unsaturated/α-hetero) is 1. The predicted molar refractivity (Wildman–Crippen MR) is 105 cm³/mol. The lowest BCUT2D eigenvalue weighted by Crippen LogP contribution is -2.28. The fourth-order valence-electron chi connectivity index (χ4n) is 3.06. The first kappa shape index (κ1) is 17.6. The van der Waals surface area contributed by atoms with E-state index in [-0.39, 0.29) is 12.3 Å². The van der Waals surface area contributed by atoms with Crippen molar-refractivity contribution in [1.82, 2.24) is 19.2 Å². The predicted octanol–water partition coefficient (Wildman–Crippen LogP) is 2.19. The summed E-state index contributed by atoms with van der Waals surface area (Å²) in [7, 11) is 0. The Balaban J connectivity index is 1.62. The SMILES string of the molecule is CC(=O)c1ccc(NC(=O)Cn2nc3c4cccc(C)c4ncn3c2=O)cc1. The van der Waals surface area contributed by atoms with Crippen LogP contribution in [0.5, 0.6) is 0 Å². The van der Waals surface area contributed by atoms with Gasteiger partial charge in [-0.15, -0.1) is 5.10 Å². The number of nitrogens with zero attached hydrogens (tertiary/aromatic N) is 4. The van der Waals surface area contributed by atoms with Crippen molar-refractivity contribution in [1.29, 1.82) is 0 Å². The number of benzene rings is 2. The highest BCUT2D eigenvalue weighted by Crippen LogP contribution is 2.18. The molecule has 2 heterocycles. The van der Waals surface area contributed by atoms with E-state index < -0.39 is 11.6 Å². The highest BCUT2D eigenvalue weighted by atomic mass is 16.2. The average molecular weight is 375 g/mol. The lowest BCUT2D eigenvalue weighted by atomic mass is 10.1. The molecule has 0 aliphatic carbocycles. The number of aromatic nitrogens is 4. The van der Waals surface area contributed by atoms with Crippen LogP contribution in [-0.2, 0) is 11.3 Å². The van der Waals surface area contributed by atoms with Gasteiger partial charge in [-0.3, -0.25) is 9.59 Å². The maximum atomic E-state index is 12.6. The Kier molecular flexibility index (Phi) is 4.23. The fraction of sp³-hybridized carbons (Fsp3) is 0.150. The molecule has 4 rings (SSSR count). The summed E-state index contributed by atoms with van der Waals surface area (Å²) in [5.41, 5.74) is 2.86. The minimum Gasteiger partial charge on any atom is -0.324 e. The van der Waals surface area contributed by atoms with Gasteiger partial charge in [0.05, 0.1) is 5.52 Å². The minimum absolute atomic E-state index is 0.0507. The van der Waals surface area contributed by atoms with Gasteiger partial charge in [-0.2, -0.15) is 0 Å². The topological polar surface area (TPSA) is 98.4 Å². The highest BCUT2D eigenvalue weighted by Gasteiger charge is 2.14. The summed E-state index contributed by atoms with van der Waals surface area (Å²) in [6.07, 6.45) is 1.43. The van der Waals surface area contributed by atoms with Gasteiger partial charge < -0.3 is 5.32 Å². The van der Waals surface area contributed by atoms with Crippen LogP contribution in [0.15, 0.2) is 53.6 Å². The monoisotopic (exact) mass is 375 g/mol. The molecule has 8 nitrogen and oxygen atoms in total. The Bertz CT molecular complexity index is 1290. The first-order valence-electron chi connectivity index (χ1n) is 8.68. The summed E-state index contributed by atoms with van der Waals surface area (Å²) in [6.45, 7) is 3.18. The molecule has 0 saturated heterocycles. The second kappa shape index (κ2) is 6.73. The standard InChI is InChI=1S/C20H17N5O3/c1-12-4-3-5-16-18(12)21-11-24-19(16)23-25(20(24)28)10-17(27)22-15-8-6-14(7-9-15)13(2)26/h3-9,11H,10H2,1-2H3,(H,22,27). The number of amides is 1. The molecule has 1 N–H and O–H groups in total. The molecule has 2 aromatic heterocycles. The third kappa shape index (κ3) is 3.05. The van der Waals surface area contributed by atoms with Gasteiger partial charge in [0.25, 0.3) is 0 Å². The highest BCUT2D eigenvalue weighted by molar-refractivity contribution is 5.96. The zero-order valence-corrected chi connectivity index (χ0v) is 15.3. The molecule has 4 aromatic rings. The van der Waals surface area contributed by atoms with E-state index in [2.05, 4.69) is 15.4 Å².